The minimum absolute atomic E-state index is 0.225. The average Bonchev–Trinajstić information content (AvgIpc) is 2.31. The molecule has 1 aliphatic heterocycles. The Morgan fingerprint density at radius 3 is 2.83 bits per heavy atom. The van der Waals surface area contributed by atoms with Crippen molar-refractivity contribution in [3.8, 4) is 0 Å². The molecular weight excluding hydrogens is 168 g/mol. The molecule has 12 heavy (non-hydrogen) atoms. The maximum atomic E-state index is 12.5. The molecule has 1 N–H and O–H groups in total. The van der Waals surface area contributed by atoms with Crippen LogP contribution in [-0.4, -0.2) is 31.1 Å². The summed E-state index contributed by atoms with van der Waals surface area (Å²) in [4.78, 5) is 10.9. The number of esters is 1. The minimum atomic E-state index is -2.77. The summed E-state index contributed by atoms with van der Waals surface area (Å²) < 4.78 is 29.6. The fraction of sp³-hybridized carbons (Fsp3) is 0.857. The predicted molar refractivity (Wildman–Crippen MR) is 38.0 cm³/mol. The zero-order valence-corrected chi connectivity index (χ0v) is 6.77. The van der Waals surface area contributed by atoms with E-state index < -0.39 is 30.9 Å². The molecule has 5 heteroatoms. The van der Waals surface area contributed by atoms with Gasteiger partial charge in [0.1, 0.15) is 6.04 Å². The highest BCUT2D eigenvalue weighted by Crippen LogP contribution is 2.25. The van der Waals surface area contributed by atoms with E-state index in [2.05, 4.69) is 10.1 Å². The van der Waals surface area contributed by atoms with Crippen LogP contribution in [0.1, 0.15) is 13.3 Å². The summed E-state index contributed by atoms with van der Waals surface area (Å²) in [6.45, 7) is 1.43. The Bertz CT molecular complexity index is 184. The number of halogens is 2. The Hall–Kier alpha value is -0.710. The van der Waals surface area contributed by atoms with E-state index in [0.29, 0.717) is 0 Å². The molecular formula is C7H11F2NO2. The van der Waals surface area contributed by atoms with E-state index in [-0.39, 0.29) is 6.61 Å². The lowest BCUT2D eigenvalue weighted by Crippen LogP contribution is -2.32. The second-order valence-electron chi connectivity index (χ2n) is 2.75. The van der Waals surface area contributed by atoms with Gasteiger partial charge in [0.05, 0.1) is 13.2 Å². The lowest BCUT2D eigenvalue weighted by molar-refractivity contribution is -0.145. The third-order valence-corrected chi connectivity index (χ3v) is 1.68. The quantitative estimate of drug-likeness (QED) is 0.629. The highest BCUT2D eigenvalue weighted by Gasteiger charge is 2.42. The molecule has 0 radical (unpaired) electrons. The van der Waals surface area contributed by atoms with Crippen LogP contribution >= 0.6 is 0 Å². The zero-order chi connectivity index (χ0) is 9.19. The Morgan fingerprint density at radius 1 is 1.75 bits per heavy atom. The Morgan fingerprint density at radius 2 is 2.42 bits per heavy atom. The van der Waals surface area contributed by atoms with Crippen molar-refractivity contribution in [2.45, 2.75) is 25.3 Å². The zero-order valence-electron chi connectivity index (χ0n) is 6.77. The molecule has 0 spiro atoms. The van der Waals surface area contributed by atoms with E-state index in [0.717, 1.165) is 0 Å². The Labute approximate surface area is 69.1 Å². The summed E-state index contributed by atoms with van der Waals surface area (Å²) in [6, 6.07) is -0.833. The summed E-state index contributed by atoms with van der Waals surface area (Å²) in [7, 11) is 0. The standard InChI is InChI=1S/C7H11F2NO2/c1-2-12-6(11)5-3-7(8,9)4-10-5/h5,10H,2-4H2,1H3/t5-/m0/s1. The van der Waals surface area contributed by atoms with Gasteiger partial charge in [0, 0.05) is 6.42 Å². The van der Waals surface area contributed by atoms with Gasteiger partial charge in [0.2, 0.25) is 0 Å². The number of carbonyl (C=O) groups is 1. The molecule has 1 saturated heterocycles. The van der Waals surface area contributed by atoms with Crippen LogP contribution < -0.4 is 5.32 Å². The van der Waals surface area contributed by atoms with Crippen molar-refractivity contribution < 1.29 is 18.3 Å². The number of rotatable bonds is 2. The third-order valence-electron chi connectivity index (χ3n) is 1.68. The first-order valence-corrected chi connectivity index (χ1v) is 3.83. The van der Waals surface area contributed by atoms with Gasteiger partial charge in [0.15, 0.2) is 0 Å². The van der Waals surface area contributed by atoms with Crippen LogP contribution in [0.15, 0.2) is 0 Å². The lowest BCUT2D eigenvalue weighted by atomic mass is 10.2. The summed E-state index contributed by atoms with van der Waals surface area (Å²) in [6.07, 6.45) is -0.453. The molecule has 1 heterocycles. The first-order chi connectivity index (χ1) is 5.55. The fourth-order valence-corrected chi connectivity index (χ4v) is 1.13. The van der Waals surface area contributed by atoms with Crippen molar-refractivity contribution in [1.82, 2.24) is 5.32 Å². The van der Waals surface area contributed by atoms with Crippen LogP contribution in [0.3, 0.4) is 0 Å². The summed E-state index contributed by atoms with van der Waals surface area (Å²) in [5, 5.41) is 2.41. The van der Waals surface area contributed by atoms with Gasteiger partial charge in [-0.05, 0) is 6.92 Å². The van der Waals surface area contributed by atoms with Gasteiger partial charge in [-0.3, -0.25) is 10.1 Å². The molecule has 0 saturated carbocycles. The molecule has 0 amide bonds. The van der Waals surface area contributed by atoms with Gasteiger partial charge < -0.3 is 4.74 Å². The van der Waals surface area contributed by atoms with Crippen LogP contribution in [-0.2, 0) is 9.53 Å². The van der Waals surface area contributed by atoms with Crippen LogP contribution in [0.4, 0.5) is 8.78 Å². The third kappa shape index (κ3) is 2.14. The maximum absolute atomic E-state index is 12.5. The molecule has 0 aliphatic carbocycles. The van der Waals surface area contributed by atoms with Gasteiger partial charge in [-0.25, -0.2) is 8.78 Å². The number of ether oxygens (including phenoxy) is 1. The minimum Gasteiger partial charge on any atom is -0.465 e. The van der Waals surface area contributed by atoms with Crippen LogP contribution in [0.2, 0.25) is 0 Å². The van der Waals surface area contributed by atoms with E-state index in [4.69, 9.17) is 0 Å². The van der Waals surface area contributed by atoms with Crippen molar-refractivity contribution in [2.75, 3.05) is 13.2 Å². The predicted octanol–water partition coefficient (Wildman–Crippen LogP) is 0.547. The van der Waals surface area contributed by atoms with Crippen molar-refractivity contribution in [3.05, 3.63) is 0 Å². The summed E-state index contributed by atoms with van der Waals surface area (Å²) in [5.41, 5.74) is 0. The fourth-order valence-electron chi connectivity index (χ4n) is 1.13. The van der Waals surface area contributed by atoms with E-state index in [1.807, 2.05) is 0 Å². The molecule has 1 atom stereocenters. The summed E-state index contributed by atoms with van der Waals surface area (Å²) >= 11 is 0. The summed E-state index contributed by atoms with van der Waals surface area (Å²) in [5.74, 6) is -3.35. The molecule has 1 fully saturated rings. The average molecular weight is 179 g/mol. The Balaban J connectivity index is 2.41. The maximum Gasteiger partial charge on any atom is 0.323 e. The van der Waals surface area contributed by atoms with Crippen LogP contribution in [0.25, 0.3) is 0 Å². The van der Waals surface area contributed by atoms with E-state index in [1.54, 1.807) is 6.92 Å². The van der Waals surface area contributed by atoms with E-state index >= 15 is 0 Å². The smallest absolute Gasteiger partial charge is 0.323 e. The molecule has 0 aromatic heterocycles. The highest BCUT2D eigenvalue weighted by molar-refractivity contribution is 5.76. The second kappa shape index (κ2) is 3.35. The van der Waals surface area contributed by atoms with Crippen molar-refractivity contribution in [1.29, 1.82) is 0 Å². The van der Waals surface area contributed by atoms with Crippen molar-refractivity contribution >= 4 is 5.97 Å². The number of hydrogen-bond donors (Lipinski definition) is 1. The monoisotopic (exact) mass is 179 g/mol. The molecule has 0 aromatic rings. The molecule has 0 unspecified atom stereocenters. The number of hydrogen-bond acceptors (Lipinski definition) is 3. The van der Waals surface area contributed by atoms with Gasteiger partial charge >= 0.3 is 5.97 Å². The van der Waals surface area contributed by atoms with E-state index in [9.17, 15) is 13.6 Å². The normalized spacial score (nSPS) is 27.1. The second-order valence-corrected chi connectivity index (χ2v) is 2.75. The first-order valence-electron chi connectivity index (χ1n) is 3.83. The van der Waals surface area contributed by atoms with Gasteiger partial charge in [-0.1, -0.05) is 0 Å². The molecule has 1 rings (SSSR count). The van der Waals surface area contributed by atoms with Crippen molar-refractivity contribution in [3.63, 3.8) is 0 Å². The molecule has 1 aliphatic rings. The number of alkyl halides is 2. The largest absolute Gasteiger partial charge is 0.465 e. The number of nitrogens with one attached hydrogen (secondary N) is 1. The van der Waals surface area contributed by atoms with Crippen LogP contribution in [0.5, 0.6) is 0 Å². The molecule has 3 nitrogen and oxygen atoms in total. The molecule has 70 valence electrons. The van der Waals surface area contributed by atoms with Crippen LogP contribution in [0, 0.1) is 0 Å². The van der Waals surface area contributed by atoms with Gasteiger partial charge in [-0.15, -0.1) is 0 Å². The van der Waals surface area contributed by atoms with E-state index in [1.165, 1.54) is 0 Å². The van der Waals surface area contributed by atoms with Gasteiger partial charge in [-0.2, -0.15) is 0 Å². The number of carbonyl (C=O) groups excluding carboxylic acids is 1. The molecule has 0 bridgehead atoms. The van der Waals surface area contributed by atoms with Gasteiger partial charge in [0.25, 0.3) is 5.92 Å². The Kier molecular flexibility index (Phi) is 2.62. The lowest BCUT2D eigenvalue weighted by Gasteiger charge is -2.08. The molecule has 0 aromatic carbocycles. The SMILES string of the molecule is CCOC(=O)[C@@H]1CC(F)(F)CN1. The topological polar surface area (TPSA) is 38.3 Å². The van der Waals surface area contributed by atoms with Crippen molar-refractivity contribution in [2.24, 2.45) is 0 Å². The highest BCUT2D eigenvalue weighted by atomic mass is 19.3. The first kappa shape index (κ1) is 9.38.